The highest BCUT2D eigenvalue weighted by Gasteiger charge is 2.44. The molecule has 0 amide bonds. The van der Waals surface area contributed by atoms with Crippen molar-refractivity contribution in [2.45, 2.75) is 26.2 Å². The first-order chi connectivity index (χ1) is 49.6. The van der Waals surface area contributed by atoms with Crippen molar-refractivity contribution >= 4 is 132 Å². The molecule has 6 heterocycles. The fourth-order valence-corrected chi connectivity index (χ4v) is 16.3. The molecule has 0 saturated heterocycles. The van der Waals surface area contributed by atoms with Gasteiger partial charge in [-0.2, -0.15) is 0 Å². The zero-order valence-corrected chi connectivity index (χ0v) is 52.4. The highest BCUT2D eigenvalue weighted by Crippen LogP contribution is 2.50. The lowest BCUT2D eigenvalue weighted by Crippen LogP contribution is -2.61. The summed E-state index contributed by atoms with van der Waals surface area (Å²) in [5, 5.41) is 4.24. The minimum absolute atomic E-state index is 0.0175. The van der Waals surface area contributed by atoms with Crippen molar-refractivity contribution < 1.29 is 11.0 Å². The Bertz CT molecular complexity index is 6370. The summed E-state index contributed by atoms with van der Waals surface area (Å²) in [5.74, 6) is 0.189. The molecule has 0 aliphatic carbocycles. The van der Waals surface area contributed by atoms with Crippen LogP contribution in [0.2, 0.25) is 0 Å². The summed E-state index contributed by atoms with van der Waals surface area (Å²) in [6.45, 7) is 6.41. The number of aromatic nitrogens is 3. The summed E-state index contributed by atoms with van der Waals surface area (Å²) in [6.07, 6.45) is 0. The van der Waals surface area contributed by atoms with E-state index < -0.39 is 48.3 Å². The van der Waals surface area contributed by atoms with Crippen molar-refractivity contribution in [1.82, 2.24) is 14.1 Å². The maximum Gasteiger partial charge on any atom is 0.252 e. The Morgan fingerprint density at radius 3 is 1.64 bits per heavy atom. The maximum absolute atomic E-state index is 9.78. The third-order valence-electron chi connectivity index (χ3n) is 19.3. The van der Waals surface area contributed by atoms with Crippen LogP contribution >= 0.6 is 11.3 Å². The number of para-hydroxylation sites is 4. The van der Waals surface area contributed by atoms with E-state index >= 15 is 0 Å². The molecule has 94 heavy (non-hydrogen) atoms. The molecule has 19 rings (SSSR count). The van der Waals surface area contributed by atoms with Gasteiger partial charge in [-0.3, -0.25) is 4.57 Å². The third kappa shape index (κ3) is 8.30. The van der Waals surface area contributed by atoms with Gasteiger partial charge in [0.25, 0.3) is 6.71 Å². The van der Waals surface area contributed by atoms with E-state index in [4.69, 9.17) is 7.73 Å². The Labute approximate surface area is 561 Å². The molecule has 2 aliphatic rings. The lowest BCUT2D eigenvalue weighted by atomic mass is 9.33. The largest absolute Gasteiger partial charge is 0.311 e. The van der Waals surface area contributed by atoms with Crippen LogP contribution in [0, 0.1) is 0 Å². The smallest absolute Gasteiger partial charge is 0.252 e. The van der Waals surface area contributed by atoms with E-state index in [1.54, 1.807) is 15.9 Å². The average Bonchev–Trinajstić information content (AvgIpc) is 0.964. The van der Waals surface area contributed by atoms with Crippen molar-refractivity contribution in [2.75, 3.05) is 9.80 Å². The Morgan fingerprint density at radius 1 is 0.383 bits per heavy atom. The molecule has 0 bridgehead atoms. The predicted octanol–water partition coefficient (Wildman–Crippen LogP) is 21.7. The van der Waals surface area contributed by atoms with Gasteiger partial charge < -0.3 is 14.4 Å². The second-order valence-electron chi connectivity index (χ2n) is 25.6. The first-order valence-electron chi connectivity index (χ1n) is 35.9. The van der Waals surface area contributed by atoms with Gasteiger partial charge in [0, 0.05) is 77.0 Å². The highest BCUT2D eigenvalue weighted by atomic mass is 32.1. The van der Waals surface area contributed by atoms with E-state index in [9.17, 15) is 8.22 Å². The van der Waals surface area contributed by atoms with E-state index in [1.165, 1.54) is 5.56 Å². The number of nitrogens with zero attached hydrogens (tertiary/aromatic N) is 5. The Balaban J connectivity index is 0.941. The molecular weight excluding hydrogens is 1160 g/mol. The summed E-state index contributed by atoms with van der Waals surface area (Å²) >= 11 is 1.73. The molecule has 4 aromatic heterocycles. The number of pyridine rings is 1. The zero-order valence-electron chi connectivity index (χ0n) is 59.5. The molecule has 442 valence electrons. The normalized spacial score (nSPS) is 14.0. The minimum atomic E-state index is -0.517. The van der Waals surface area contributed by atoms with Gasteiger partial charge >= 0.3 is 0 Å². The van der Waals surface area contributed by atoms with Crippen molar-refractivity contribution in [1.29, 1.82) is 0 Å². The van der Waals surface area contributed by atoms with Crippen molar-refractivity contribution in [3.05, 3.63) is 315 Å². The number of benzene rings is 13. The fourth-order valence-electron chi connectivity index (χ4n) is 15.1. The number of anilines is 6. The van der Waals surface area contributed by atoms with Crippen molar-refractivity contribution in [3.8, 4) is 56.1 Å². The molecule has 7 heteroatoms. The van der Waals surface area contributed by atoms with E-state index in [2.05, 4.69) is 278 Å². The second kappa shape index (κ2) is 21.0. The molecule has 0 fully saturated rings. The molecule has 0 atom stereocenters. The number of rotatable bonds is 8. The summed E-state index contributed by atoms with van der Waals surface area (Å²) in [7, 11) is 0. The first-order valence-corrected chi connectivity index (χ1v) is 32.7. The van der Waals surface area contributed by atoms with Crippen molar-refractivity contribution in [3.63, 3.8) is 0 Å². The van der Waals surface area contributed by atoms with E-state index in [-0.39, 0.29) is 39.8 Å². The first kappa shape index (κ1) is 46.5. The highest BCUT2D eigenvalue weighted by molar-refractivity contribution is 7.26. The summed E-state index contributed by atoms with van der Waals surface area (Å²) in [5.41, 5.74) is 20.6. The van der Waals surface area contributed by atoms with Crippen LogP contribution in [0.5, 0.6) is 0 Å². The van der Waals surface area contributed by atoms with Gasteiger partial charge in [0.15, 0.2) is 0 Å². The topological polar surface area (TPSA) is 29.2 Å². The van der Waals surface area contributed by atoms with E-state index in [0.29, 0.717) is 11.4 Å². The predicted molar refractivity (Wildman–Crippen MR) is 400 cm³/mol. The lowest BCUT2D eigenvalue weighted by Gasteiger charge is -2.45. The standard InChI is InChI=1S/C87H60BN5S/c1-87(2,3)60-44-49-77(69(52-60)57-28-11-6-12-29-57)92-78-47-42-58(55-24-7-4-8-25-55)50-70(78)88-71-51-59(43-48-79(71)91(80-39-23-40-81(92)84(80)88)73-35-18-13-30-62(73)56-26-9-5-10-27-56)72-53-61(54-83(89-72)93-75-37-20-14-31-63(75)64-32-15-21-38-76(64)93)90-74-36-19-16-33-65(74)67-45-46-68-66-34-17-22-41-82(66)94-86(68)85(67)90/h4-54H,1-3H3/i14D,15D,20D,21D,31D,32D,37D,38D. The SMILES string of the molecule is [2H]c1c([2H])c([2H])c2c(c1[2H])c1c([2H])c([2H])c([2H])c([2H])c1n2-c1cc(-n2c3ccccc3c3ccc4c5ccccc5sc4c32)cc(-c2ccc3c(c2)B2c4cc(-c5ccccc5)ccc4N(c4ccc(C(C)(C)C)cc4-c4ccccc4)c4cccc(c42)N3c2ccccc2-c2ccccc2)n1. The monoisotopic (exact) mass is 1230 g/mol. The molecular formula is C87H60BN5S. The zero-order chi connectivity index (χ0) is 69.3. The third-order valence-corrected chi connectivity index (χ3v) is 20.5. The fraction of sp³-hybridized carbons (Fsp3) is 0.0460. The molecule has 0 spiro atoms. The van der Waals surface area contributed by atoms with Crippen LogP contribution in [0.4, 0.5) is 34.1 Å². The number of hydrogen-bond acceptors (Lipinski definition) is 4. The van der Waals surface area contributed by atoms with E-state index in [0.717, 1.165) is 131 Å². The van der Waals surface area contributed by atoms with Gasteiger partial charge in [0.05, 0.1) is 60.5 Å². The Kier molecular flexibility index (Phi) is 10.4. The lowest BCUT2D eigenvalue weighted by molar-refractivity contribution is 0.590. The molecule has 0 N–H and O–H groups in total. The van der Waals surface area contributed by atoms with Crippen LogP contribution in [-0.2, 0) is 5.41 Å². The van der Waals surface area contributed by atoms with Gasteiger partial charge in [-0.25, -0.2) is 4.98 Å². The summed E-state index contributed by atoms with van der Waals surface area (Å²) < 4.78 is 81.1. The van der Waals surface area contributed by atoms with Crippen LogP contribution in [0.15, 0.2) is 309 Å². The van der Waals surface area contributed by atoms with Gasteiger partial charge in [-0.1, -0.05) is 251 Å². The van der Waals surface area contributed by atoms with Crippen LogP contribution in [-0.4, -0.2) is 20.8 Å². The Morgan fingerprint density at radius 2 is 0.936 bits per heavy atom. The molecule has 5 nitrogen and oxygen atoms in total. The second-order valence-corrected chi connectivity index (χ2v) is 26.7. The average molecular weight is 1230 g/mol. The number of fused-ring (bicyclic) bond motifs is 14. The minimum Gasteiger partial charge on any atom is -0.311 e. The van der Waals surface area contributed by atoms with E-state index in [1.807, 2.05) is 18.2 Å². The molecule has 0 radical (unpaired) electrons. The summed E-state index contributed by atoms with van der Waals surface area (Å²) in [4.78, 5) is 10.6. The summed E-state index contributed by atoms with van der Waals surface area (Å²) in [6, 6.07) is 89.2. The van der Waals surface area contributed by atoms with Crippen LogP contribution in [0.25, 0.3) is 120 Å². The van der Waals surface area contributed by atoms with Crippen LogP contribution in [0.3, 0.4) is 0 Å². The van der Waals surface area contributed by atoms with Crippen LogP contribution < -0.4 is 26.2 Å². The van der Waals surface area contributed by atoms with Gasteiger partial charge in [0.2, 0.25) is 0 Å². The number of hydrogen-bond donors (Lipinski definition) is 0. The molecule has 0 unspecified atom stereocenters. The van der Waals surface area contributed by atoms with Gasteiger partial charge in [0.1, 0.15) is 5.82 Å². The van der Waals surface area contributed by atoms with Gasteiger partial charge in [-0.05, 0) is 128 Å². The van der Waals surface area contributed by atoms with Crippen molar-refractivity contribution in [2.24, 2.45) is 0 Å². The molecule has 17 aromatic rings. The quantitative estimate of drug-likeness (QED) is 0.142. The Hall–Kier alpha value is -11.5. The van der Waals surface area contributed by atoms with Crippen LogP contribution in [0.1, 0.15) is 37.3 Å². The number of thiophene rings is 1. The molecule has 13 aromatic carbocycles. The molecule has 0 saturated carbocycles. The molecule has 2 aliphatic heterocycles. The maximum atomic E-state index is 9.78. The van der Waals surface area contributed by atoms with Gasteiger partial charge in [-0.15, -0.1) is 11.3 Å².